The van der Waals surface area contributed by atoms with Crippen molar-refractivity contribution in [2.75, 3.05) is 12.3 Å². The molecule has 2 rings (SSSR count). The first-order chi connectivity index (χ1) is 10.2. The summed E-state index contributed by atoms with van der Waals surface area (Å²) in [5.41, 5.74) is 6.68. The fraction of sp³-hybridized carbons (Fsp3) is 0.312. The monoisotopic (exact) mass is 301 g/mol. The molecule has 0 aliphatic heterocycles. The van der Waals surface area contributed by atoms with Gasteiger partial charge in [0.2, 0.25) is 0 Å². The molecule has 0 saturated carbocycles. The number of carbonyl (C=O) groups excluding carboxylic acids is 1. The average molecular weight is 301 g/mol. The number of carboxylic acids is 1. The van der Waals surface area contributed by atoms with Crippen LogP contribution in [0.25, 0.3) is 10.9 Å². The molecule has 0 unspecified atom stereocenters. The molecule has 116 valence electrons. The zero-order valence-corrected chi connectivity index (χ0v) is 12.8. The van der Waals surface area contributed by atoms with Crippen molar-refractivity contribution in [2.45, 2.75) is 26.3 Å². The summed E-state index contributed by atoms with van der Waals surface area (Å²) < 4.78 is 0. The van der Waals surface area contributed by atoms with E-state index in [1.807, 2.05) is 0 Å². The van der Waals surface area contributed by atoms with Crippen molar-refractivity contribution >= 4 is 28.5 Å². The molecule has 0 fully saturated rings. The van der Waals surface area contributed by atoms with Gasteiger partial charge in [-0.25, -0.2) is 0 Å². The van der Waals surface area contributed by atoms with Crippen LogP contribution < -0.4 is 5.73 Å². The van der Waals surface area contributed by atoms with E-state index in [1.54, 1.807) is 45.0 Å². The molecular formula is C16H19N3O3. The van der Waals surface area contributed by atoms with E-state index >= 15 is 0 Å². The van der Waals surface area contributed by atoms with Crippen LogP contribution in [-0.2, 0) is 4.79 Å². The minimum absolute atomic E-state index is 0.354. The van der Waals surface area contributed by atoms with Crippen LogP contribution in [0.1, 0.15) is 31.1 Å². The standard InChI is InChI=1S/C16H19N3O3/c1-16(2,3)19(9-13(20)21)15(22)11-7-8-18-14-10(11)5-4-6-12(14)17/h4-8H,9,17H2,1-3H3,(H,20,21). The number of fused-ring (bicyclic) bond motifs is 1. The van der Waals surface area contributed by atoms with Crippen LogP contribution in [0, 0.1) is 0 Å². The lowest BCUT2D eigenvalue weighted by molar-refractivity contribution is -0.138. The summed E-state index contributed by atoms with van der Waals surface area (Å²) >= 11 is 0. The number of aliphatic carboxylic acids is 1. The number of anilines is 1. The van der Waals surface area contributed by atoms with Gasteiger partial charge in [0.1, 0.15) is 6.54 Å². The van der Waals surface area contributed by atoms with Crippen LogP contribution in [0.5, 0.6) is 0 Å². The number of nitrogens with two attached hydrogens (primary N) is 1. The molecule has 0 aliphatic carbocycles. The molecule has 1 aromatic heterocycles. The Morgan fingerprint density at radius 1 is 1.27 bits per heavy atom. The second-order valence-corrected chi connectivity index (χ2v) is 6.06. The molecule has 1 heterocycles. The summed E-state index contributed by atoms with van der Waals surface area (Å²) in [6.07, 6.45) is 1.51. The molecule has 0 spiro atoms. The van der Waals surface area contributed by atoms with Gasteiger partial charge in [0.25, 0.3) is 5.91 Å². The highest BCUT2D eigenvalue weighted by atomic mass is 16.4. The highest BCUT2D eigenvalue weighted by Gasteiger charge is 2.30. The molecule has 0 aliphatic rings. The first kappa shape index (κ1) is 15.8. The van der Waals surface area contributed by atoms with Crippen LogP contribution in [0.3, 0.4) is 0 Å². The number of hydrogen-bond donors (Lipinski definition) is 2. The third-order valence-electron chi connectivity index (χ3n) is 3.38. The second-order valence-electron chi connectivity index (χ2n) is 6.06. The summed E-state index contributed by atoms with van der Waals surface area (Å²) in [5.74, 6) is -1.41. The van der Waals surface area contributed by atoms with E-state index in [4.69, 9.17) is 10.8 Å². The maximum Gasteiger partial charge on any atom is 0.323 e. The molecule has 0 bridgehead atoms. The van der Waals surface area contributed by atoms with E-state index in [-0.39, 0.29) is 12.5 Å². The number of para-hydroxylation sites is 1. The number of carboxylic acid groups (broad SMARTS) is 1. The van der Waals surface area contributed by atoms with Crippen LogP contribution in [-0.4, -0.2) is 39.0 Å². The smallest absolute Gasteiger partial charge is 0.323 e. The molecular weight excluding hydrogens is 282 g/mol. The minimum Gasteiger partial charge on any atom is -0.480 e. The van der Waals surface area contributed by atoms with Crippen LogP contribution >= 0.6 is 0 Å². The van der Waals surface area contributed by atoms with Crippen LogP contribution in [0.4, 0.5) is 5.69 Å². The summed E-state index contributed by atoms with van der Waals surface area (Å²) in [6, 6.07) is 6.80. The number of benzene rings is 1. The third kappa shape index (κ3) is 3.00. The van der Waals surface area contributed by atoms with Crippen molar-refractivity contribution in [3.05, 3.63) is 36.0 Å². The highest BCUT2D eigenvalue weighted by molar-refractivity contribution is 6.08. The second kappa shape index (κ2) is 5.63. The Morgan fingerprint density at radius 3 is 2.55 bits per heavy atom. The normalized spacial score (nSPS) is 11.4. The van der Waals surface area contributed by atoms with E-state index in [9.17, 15) is 9.59 Å². The number of carbonyl (C=O) groups is 2. The van der Waals surface area contributed by atoms with Gasteiger partial charge in [-0.1, -0.05) is 12.1 Å². The van der Waals surface area contributed by atoms with Crippen molar-refractivity contribution in [1.82, 2.24) is 9.88 Å². The number of nitrogens with zero attached hydrogens (tertiary/aromatic N) is 2. The van der Waals surface area contributed by atoms with Crippen molar-refractivity contribution in [3.8, 4) is 0 Å². The van der Waals surface area contributed by atoms with Gasteiger partial charge in [-0.15, -0.1) is 0 Å². The van der Waals surface area contributed by atoms with Gasteiger partial charge in [0, 0.05) is 17.1 Å². The molecule has 0 saturated heterocycles. The number of rotatable bonds is 3. The van der Waals surface area contributed by atoms with Crippen molar-refractivity contribution in [3.63, 3.8) is 0 Å². The fourth-order valence-electron chi connectivity index (χ4n) is 2.28. The Hall–Kier alpha value is -2.63. The molecule has 2 aromatic rings. The number of amides is 1. The summed E-state index contributed by atoms with van der Waals surface area (Å²) in [7, 11) is 0. The maximum atomic E-state index is 12.8. The van der Waals surface area contributed by atoms with Crippen molar-refractivity contribution < 1.29 is 14.7 Å². The van der Waals surface area contributed by atoms with Crippen LogP contribution in [0.2, 0.25) is 0 Å². The van der Waals surface area contributed by atoms with Gasteiger partial charge in [-0.2, -0.15) is 0 Å². The molecule has 0 radical (unpaired) electrons. The van der Waals surface area contributed by atoms with Gasteiger partial charge in [0.15, 0.2) is 0 Å². The van der Waals surface area contributed by atoms with E-state index in [2.05, 4.69) is 4.98 Å². The Kier molecular flexibility index (Phi) is 4.03. The average Bonchev–Trinajstić information content (AvgIpc) is 2.43. The molecule has 22 heavy (non-hydrogen) atoms. The predicted octanol–water partition coefficient (Wildman–Crippen LogP) is 2.14. The molecule has 1 amide bonds. The third-order valence-corrected chi connectivity index (χ3v) is 3.38. The predicted molar refractivity (Wildman–Crippen MR) is 84.6 cm³/mol. The van der Waals surface area contributed by atoms with Gasteiger partial charge >= 0.3 is 5.97 Å². The molecule has 6 nitrogen and oxygen atoms in total. The largest absolute Gasteiger partial charge is 0.480 e. The fourth-order valence-corrected chi connectivity index (χ4v) is 2.28. The molecule has 6 heteroatoms. The summed E-state index contributed by atoms with van der Waals surface area (Å²) in [5, 5.41) is 9.69. The lowest BCUT2D eigenvalue weighted by Gasteiger charge is -2.34. The Bertz CT molecular complexity index is 735. The number of nitrogen functional groups attached to an aromatic ring is 1. The molecule has 3 N–H and O–H groups in total. The highest BCUT2D eigenvalue weighted by Crippen LogP contribution is 2.25. The van der Waals surface area contributed by atoms with Crippen molar-refractivity contribution in [2.24, 2.45) is 0 Å². The first-order valence-corrected chi connectivity index (χ1v) is 6.89. The van der Waals surface area contributed by atoms with E-state index < -0.39 is 11.5 Å². The Morgan fingerprint density at radius 2 is 1.95 bits per heavy atom. The Balaban J connectivity index is 2.56. The topological polar surface area (TPSA) is 96.5 Å². The number of hydrogen-bond acceptors (Lipinski definition) is 4. The summed E-state index contributed by atoms with van der Waals surface area (Å²) in [4.78, 5) is 29.5. The van der Waals surface area contributed by atoms with Gasteiger partial charge in [0.05, 0.1) is 16.8 Å². The van der Waals surface area contributed by atoms with Crippen LogP contribution in [0.15, 0.2) is 30.5 Å². The SMILES string of the molecule is CC(C)(C)N(CC(=O)O)C(=O)c1ccnc2c(N)cccc12. The minimum atomic E-state index is -1.05. The molecule has 1 aromatic carbocycles. The van der Waals surface area contributed by atoms with Gasteiger partial charge < -0.3 is 15.7 Å². The lowest BCUT2D eigenvalue weighted by Crippen LogP contribution is -2.48. The maximum absolute atomic E-state index is 12.8. The molecule has 0 atom stereocenters. The van der Waals surface area contributed by atoms with Crippen molar-refractivity contribution in [1.29, 1.82) is 0 Å². The van der Waals surface area contributed by atoms with E-state index in [0.717, 1.165) is 0 Å². The first-order valence-electron chi connectivity index (χ1n) is 6.89. The zero-order valence-electron chi connectivity index (χ0n) is 12.8. The Labute approximate surface area is 128 Å². The zero-order chi connectivity index (χ0) is 16.5. The number of pyridine rings is 1. The number of aromatic nitrogens is 1. The van der Waals surface area contributed by atoms with E-state index in [0.29, 0.717) is 22.2 Å². The lowest BCUT2D eigenvalue weighted by atomic mass is 10.0. The summed E-state index contributed by atoms with van der Waals surface area (Å²) in [6.45, 7) is 5.03. The van der Waals surface area contributed by atoms with Gasteiger partial charge in [-0.05, 0) is 32.9 Å². The van der Waals surface area contributed by atoms with E-state index in [1.165, 1.54) is 11.1 Å². The quantitative estimate of drug-likeness (QED) is 0.847. The van der Waals surface area contributed by atoms with Gasteiger partial charge in [-0.3, -0.25) is 14.6 Å².